The second kappa shape index (κ2) is 6.36. The van der Waals surface area contributed by atoms with Crippen LogP contribution in [0.3, 0.4) is 0 Å². The van der Waals surface area contributed by atoms with Crippen LogP contribution in [0.1, 0.15) is 46.5 Å². The Labute approximate surface area is 104 Å². The van der Waals surface area contributed by atoms with Gasteiger partial charge in [-0.05, 0) is 53.1 Å². The van der Waals surface area contributed by atoms with Crippen molar-refractivity contribution in [3.05, 3.63) is 0 Å². The van der Waals surface area contributed by atoms with Crippen molar-refractivity contribution < 1.29 is 9.53 Å². The van der Waals surface area contributed by atoms with Crippen LogP contribution in [0.15, 0.2) is 0 Å². The fraction of sp³-hybridized carbons (Fsp3) is 0.923. The van der Waals surface area contributed by atoms with E-state index in [9.17, 15) is 4.79 Å². The topological polar surface area (TPSA) is 55.6 Å². The third-order valence-electron chi connectivity index (χ3n) is 2.91. The molecule has 0 spiro atoms. The highest BCUT2D eigenvalue weighted by atomic mass is 16.6. The minimum atomic E-state index is -0.490. The minimum Gasteiger partial charge on any atom is -0.459 e. The summed E-state index contributed by atoms with van der Waals surface area (Å²) < 4.78 is 5.26. The molecule has 1 unspecified atom stereocenters. The summed E-state index contributed by atoms with van der Waals surface area (Å²) in [5.74, 6) is -0.283. The largest absolute Gasteiger partial charge is 0.459 e. The number of nitrogens with two attached hydrogens (primary N) is 1. The van der Waals surface area contributed by atoms with Gasteiger partial charge in [-0.3, -0.25) is 4.79 Å². The molecule has 1 aliphatic heterocycles. The van der Waals surface area contributed by atoms with Crippen molar-refractivity contribution in [1.82, 2.24) is 4.90 Å². The Morgan fingerprint density at radius 2 is 1.88 bits per heavy atom. The molecule has 4 nitrogen and oxygen atoms in total. The molecular weight excluding hydrogens is 216 g/mol. The number of rotatable bonds is 4. The first-order valence-corrected chi connectivity index (χ1v) is 6.59. The lowest BCUT2D eigenvalue weighted by molar-refractivity contribution is -0.156. The summed E-state index contributed by atoms with van der Waals surface area (Å²) in [4.78, 5) is 14.0. The van der Waals surface area contributed by atoms with Crippen molar-refractivity contribution in [2.75, 3.05) is 19.6 Å². The lowest BCUT2D eigenvalue weighted by atomic mass is 10.1. The van der Waals surface area contributed by atoms with E-state index in [1.54, 1.807) is 0 Å². The van der Waals surface area contributed by atoms with Gasteiger partial charge in [0.15, 0.2) is 0 Å². The molecule has 2 N–H and O–H groups in total. The van der Waals surface area contributed by atoms with Crippen LogP contribution < -0.4 is 5.73 Å². The van der Waals surface area contributed by atoms with E-state index >= 15 is 0 Å². The number of hydrogen-bond acceptors (Lipinski definition) is 4. The first kappa shape index (κ1) is 14.5. The molecule has 0 saturated carbocycles. The Morgan fingerprint density at radius 1 is 1.29 bits per heavy atom. The highest BCUT2D eigenvalue weighted by Crippen LogP contribution is 2.11. The molecule has 0 aromatic carbocycles. The van der Waals surface area contributed by atoms with E-state index in [1.807, 2.05) is 20.8 Å². The predicted molar refractivity (Wildman–Crippen MR) is 68.7 cm³/mol. The molecule has 0 aliphatic carbocycles. The van der Waals surface area contributed by atoms with Crippen molar-refractivity contribution in [2.45, 2.75) is 58.1 Å². The summed E-state index contributed by atoms with van der Waals surface area (Å²) in [6, 6.07) is -0.490. The van der Waals surface area contributed by atoms with Crippen LogP contribution in [0.5, 0.6) is 0 Å². The van der Waals surface area contributed by atoms with Crippen molar-refractivity contribution in [1.29, 1.82) is 0 Å². The molecule has 1 aliphatic rings. The maximum Gasteiger partial charge on any atom is 0.323 e. The average Bonchev–Trinajstić information content (AvgIpc) is 2.25. The second-order valence-electron chi connectivity index (χ2n) is 5.83. The molecule has 0 radical (unpaired) electrons. The summed E-state index contributed by atoms with van der Waals surface area (Å²) in [7, 11) is 0. The Kier molecular flexibility index (Phi) is 5.40. The summed E-state index contributed by atoms with van der Waals surface area (Å²) in [5, 5.41) is 0. The van der Waals surface area contributed by atoms with E-state index in [2.05, 4.69) is 4.90 Å². The Balaban J connectivity index is 2.23. The molecule has 0 aromatic rings. The van der Waals surface area contributed by atoms with Crippen LogP contribution in [0.4, 0.5) is 0 Å². The Morgan fingerprint density at radius 3 is 2.41 bits per heavy atom. The summed E-state index contributed by atoms with van der Waals surface area (Å²) >= 11 is 0. The fourth-order valence-electron chi connectivity index (χ4n) is 2.00. The van der Waals surface area contributed by atoms with E-state index < -0.39 is 11.6 Å². The van der Waals surface area contributed by atoms with Gasteiger partial charge in [0, 0.05) is 6.54 Å². The molecule has 100 valence electrons. The minimum absolute atomic E-state index is 0.283. The van der Waals surface area contributed by atoms with Crippen LogP contribution >= 0.6 is 0 Å². The third kappa shape index (κ3) is 6.03. The maximum absolute atomic E-state index is 11.7. The molecule has 0 aromatic heterocycles. The van der Waals surface area contributed by atoms with Gasteiger partial charge in [-0.25, -0.2) is 0 Å². The number of hydrogen-bond donors (Lipinski definition) is 1. The summed E-state index contributed by atoms with van der Waals surface area (Å²) in [6.07, 6.45) is 4.55. The van der Waals surface area contributed by atoms with Crippen molar-refractivity contribution in [3.8, 4) is 0 Å². The molecule has 1 atom stereocenters. The number of carbonyl (C=O) groups is 1. The van der Waals surface area contributed by atoms with Gasteiger partial charge in [0.05, 0.1) is 0 Å². The van der Waals surface area contributed by atoms with Crippen molar-refractivity contribution in [3.63, 3.8) is 0 Å². The number of piperidine rings is 1. The molecular formula is C13H26N2O2. The molecule has 1 rings (SSSR count). The number of likely N-dealkylation sites (tertiary alicyclic amines) is 1. The monoisotopic (exact) mass is 242 g/mol. The van der Waals surface area contributed by atoms with Gasteiger partial charge in [-0.2, -0.15) is 0 Å². The van der Waals surface area contributed by atoms with Crippen molar-refractivity contribution in [2.24, 2.45) is 5.73 Å². The molecule has 4 heteroatoms. The van der Waals surface area contributed by atoms with Crippen LogP contribution in [0.2, 0.25) is 0 Å². The number of ether oxygens (including phenoxy) is 1. The van der Waals surface area contributed by atoms with E-state index in [0.717, 1.165) is 19.6 Å². The van der Waals surface area contributed by atoms with Gasteiger partial charge in [0.25, 0.3) is 0 Å². The van der Waals surface area contributed by atoms with Gasteiger partial charge < -0.3 is 15.4 Å². The summed E-state index contributed by atoms with van der Waals surface area (Å²) in [6.45, 7) is 8.77. The lowest BCUT2D eigenvalue weighted by Crippen LogP contribution is -2.41. The molecule has 17 heavy (non-hydrogen) atoms. The molecule has 0 bridgehead atoms. The van der Waals surface area contributed by atoms with E-state index in [4.69, 9.17) is 10.5 Å². The highest BCUT2D eigenvalue weighted by Gasteiger charge is 2.22. The SMILES string of the molecule is CC(C)(C)OC(=O)C(N)CCN1CCCCC1. The first-order valence-electron chi connectivity index (χ1n) is 6.59. The summed E-state index contributed by atoms with van der Waals surface area (Å²) in [5.41, 5.74) is 5.40. The number of nitrogens with zero attached hydrogens (tertiary/aromatic N) is 1. The average molecular weight is 242 g/mol. The van der Waals surface area contributed by atoms with Crippen LogP contribution in [-0.2, 0) is 9.53 Å². The van der Waals surface area contributed by atoms with E-state index in [-0.39, 0.29) is 5.97 Å². The first-order chi connectivity index (χ1) is 7.88. The van der Waals surface area contributed by atoms with E-state index in [1.165, 1.54) is 19.3 Å². The van der Waals surface area contributed by atoms with Gasteiger partial charge in [-0.1, -0.05) is 6.42 Å². The van der Waals surface area contributed by atoms with E-state index in [0.29, 0.717) is 6.42 Å². The van der Waals surface area contributed by atoms with Gasteiger partial charge in [0.1, 0.15) is 11.6 Å². The Bertz CT molecular complexity index is 242. The maximum atomic E-state index is 11.7. The zero-order chi connectivity index (χ0) is 12.9. The molecule has 0 amide bonds. The number of carbonyl (C=O) groups excluding carboxylic acids is 1. The lowest BCUT2D eigenvalue weighted by Gasteiger charge is -2.28. The zero-order valence-electron chi connectivity index (χ0n) is 11.4. The zero-order valence-corrected chi connectivity index (χ0v) is 11.4. The quantitative estimate of drug-likeness (QED) is 0.760. The third-order valence-corrected chi connectivity index (χ3v) is 2.91. The molecule has 1 fully saturated rings. The Hall–Kier alpha value is -0.610. The molecule has 1 heterocycles. The number of esters is 1. The second-order valence-corrected chi connectivity index (χ2v) is 5.83. The fourth-order valence-corrected chi connectivity index (χ4v) is 2.00. The standard InChI is InChI=1S/C13H26N2O2/c1-13(2,3)17-12(16)11(14)7-10-15-8-5-4-6-9-15/h11H,4-10,14H2,1-3H3. The smallest absolute Gasteiger partial charge is 0.323 e. The molecule has 1 saturated heterocycles. The van der Waals surface area contributed by atoms with Gasteiger partial charge >= 0.3 is 5.97 Å². The highest BCUT2D eigenvalue weighted by molar-refractivity contribution is 5.75. The van der Waals surface area contributed by atoms with Gasteiger partial charge in [-0.15, -0.1) is 0 Å². The van der Waals surface area contributed by atoms with Crippen LogP contribution in [0.25, 0.3) is 0 Å². The van der Waals surface area contributed by atoms with Gasteiger partial charge in [0.2, 0.25) is 0 Å². The van der Waals surface area contributed by atoms with Crippen LogP contribution in [0, 0.1) is 0 Å². The normalized spacial score (nSPS) is 20.0. The van der Waals surface area contributed by atoms with Crippen molar-refractivity contribution >= 4 is 5.97 Å². The van der Waals surface area contributed by atoms with Crippen LogP contribution in [-0.4, -0.2) is 42.1 Å². The predicted octanol–water partition coefficient (Wildman–Crippen LogP) is 1.53.